The van der Waals surface area contributed by atoms with Gasteiger partial charge in [-0.1, -0.05) is 11.6 Å². The first-order valence-corrected chi connectivity index (χ1v) is 8.91. The molecule has 1 saturated heterocycles. The number of aryl methyl sites for hydroxylation is 1. The van der Waals surface area contributed by atoms with Gasteiger partial charge in [0.25, 0.3) is 0 Å². The molecule has 1 unspecified atom stereocenters. The third-order valence-corrected chi connectivity index (χ3v) is 4.87. The molecule has 1 aliphatic rings. The van der Waals surface area contributed by atoms with Crippen molar-refractivity contribution in [2.75, 3.05) is 11.9 Å². The highest BCUT2D eigenvalue weighted by molar-refractivity contribution is 9.10. The molecule has 1 atom stereocenters. The third kappa shape index (κ3) is 2.78. The van der Waals surface area contributed by atoms with Gasteiger partial charge in [-0.25, -0.2) is 9.36 Å². The molecule has 126 valence electrons. The summed E-state index contributed by atoms with van der Waals surface area (Å²) in [6.45, 7) is 0.778. The van der Waals surface area contributed by atoms with Crippen molar-refractivity contribution in [2.45, 2.75) is 25.5 Å². The van der Waals surface area contributed by atoms with Crippen LogP contribution in [0.3, 0.4) is 0 Å². The molecule has 1 aliphatic heterocycles. The van der Waals surface area contributed by atoms with Gasteiger partial charge in [-0.2, -0.15) is 10.1 Å². The molecule has 3 heterocycles. The summed E-state index contributed by atoms with van der Waals surface area (Å²) >= 11 is 9.84. The van der Waals surface area contributed by atoms with Crippen molar-refractivity contribution in [2.24, 2.45) is 7.05 Å². The van der Waals surface area contributed by atoms with Crippen molar-refractivity contribution in [1.82, 2.24) is 24.5 Å². The van der Waals surface area contributed by atoms with Gasteiger partial charge in [-0.15, -0.1) is 5.10 Å². The van der Waals surface area contributed by atoms with Gasteiger partial charge in [0.2, 0.25) is 10.7 Å². The predicted octanol–water partition coefficient (Wildman–Crippen LogP) is 4.02. The summed E-state index contributed by atoms with van der Waals surface area (Å²) in [5.74, 6) is 0.603. The van der Waals surface area contributed by atoms with Gasteiger partial charge in [-0.3, -0.25) is 0 Å². The maximum Gasteiger partial charge on any atom is 0.226 e. The Hall–Kier alpha value is -1.64. The minimum Gasteiger partial charge on any atom is -0.356 e. The van der Waals surface area contributed by atoms with Gasteiger partial charge in [0.05, 0.1) is 22.4 Å². The monoisotopic (exact) mass is 410 g/mol. The van der Waals surface area contributed by atoms with Gasteiger partial charge in [0.15, 0.2) is 6.23 Å². The number of hydrogen-bond donors (Lipinski definition) is 1. The second-order valence-electron chi connectivity index (χ2n) is 5.72. The van der Waals surface area contributed by atoms with Crippen molar-refractivity contribution in [1.29, 1.82) is 0 Å². The average molecular weight is 412 g/mol. The lowest BCUT2D eigenvalue weighted by Gasteiger charge is -2.23. The Morgan fingerprint density at radius 3 is 2.96 bits per heavy atom. The van der Waals surface area contributed by atoms with Crippen LogP contribution < -0.4 is 5.32 Å². The number of fused-ring (bicyclic) bond motifs is 1. The molecule has 0 amide bonds. The summed E-state index contributed by atoms with van der Waals surface area (Å²) < 4.78 is 9.91. The second kappa shape index (κ2) is 6.34. The summed E-state index contributed by atoms with van der Waals surface area (Å²) in [6, 6.07) is 3.92. The number of anilines is 2. The first kappa shape index (κ1) is 15.9. The second-order valence-corrected chi connectivity index (χ2v) is 6.81. The lowest BCUT2D eigenvalue weighted by molar-refractivity contribution is -0.0366. The smallest absolute Gasteiger partial charge is 0.226 e. The van der Waals surface area contributed by atoms with Crippen LogP contribution in [-0.2, 0) is 11.8 Å². The zero-order valence-corrected chi connectivity index (χ0v) is 15.4. The van der Waals surface area contributed by atoms with Crippen molar-refractivity contribution < 1.29 is 4.74 Å². The number of nitrogens with zero attached hydrogens (tertiary/aromatic N) is 5. The van der Waals surface area contributed by atoms with Crippen LogP contribution in [0, 0.1) is 0 Å². The zero-order chi connectivity index (χ0) is 16.7. The lowest BCUT2D eigenvalue weighted by atomic mass is 10.2. The molecule has 0 spiro atoms. The molecule has 7 nitrogen and oxygen atoms in total. The average Bonchev–Trinajstić information content (AvgIpc) is 3.14. The summed E-state index contributed by atoms with van der Waals surface area (Å²) in [4.78, 5) is 4.26. The van der Waals surface area contributed by atoms with Crippen LogP contribution in [0.4, 0.5) is 11.6 Å². The van der Waals surface area contributed by atoms with E-state index in [1.54, 1.807) is 10.9 Å². The van der Waals surface area contributed by atoms with Crippen molar-refractivity contribution >= 4 is 50.1 Å². The molecule has 0 saturated carbocycles. The molecule has 1 N–H and O–H groups in total. The van der Waals surface area contributed by atoms with Gasteiger partial charge >= 0.3 is 0 Å². The van der Waals surface area contributed by atoms with Gasteiger partial charge in [0, 0.05) is 19.0 Å². The molecule has 0 aliphatic carbocycles. The number of ether oxygens (including phenoxy) is 1. The molecule has 4 rings (SSSR count). The Morgan fingerprint density at radius 1 is 1.38 bits per heavy atom. The van der Waals surface area contributed by atoms with Gasteiger partial charge < -0.3 is 10.1 Å². The van der Waals surface area contributed by atoms with E-state index in [1.165, 1.54) is 0 Å². The standard InChI is InChI=1S/C15H16BrClN6O/c1-22-15(20-14(16)21-22)19-10-5-6-11-9(13(10)17)8-18-23(11)12-4-2-3-7-24-12/h5-6,8,12H,2-4,7H2,1H3,(H,19,20,21). The fourth-order valence-electron chi connectivity index (χ4n) is 2.91. The van der Waals surface area contributed by atoms with E-state index in [0.717, 1.165) is 42.5 Å². The Kier molecular flexibility index (Phi) is 4.19. The largest absolute Gasteiger partial charge is 0.356 e. The molecule has 9 heteroatoms. The Balaban J connectivity index is 1.69. The Morgan fingerprint density at radius 2 is 2.25 bits per heavy atom. The molecule has 0 radical (unpaired) electrons. The highest BCUT2D eigenvalue weighted by atomic mass is 79.9. The minimum atomic E-state index is -0.0131. The highest BCUT2D eigenvalue weighted by Gasteiger charge is 2.20. The topological polar surface area (TPSA) is 69.8 Å². The molecule has 24 heavy (non-hydrogen) atoms. The van der Waals surface area contributed by atoms with E-state index in [9.17, 15) is 0 Å². The van der Waals surface area contributed by atoms with Crippen LogP contribution in [-0.4, -0.2) is 31.2 Å². The van der Waals surface area contributed by atoms with Crippen molar-refractivity contribution in [3.8, 4) is 0 Å². The molecular weight excluding hydrogens is 396 g/mol. The van der Waals surface area contributed by atoms with E-state index < -0.39 is 0 Å². The number of rotatable bonds is 3. The number of benzene rings is 1. The fraction of sp³-hybridized carbons (Fsp3) is 0.400. The van der Waals surface area contributed by atoms with E-state index in [-0.39, 0.29) is 6.23 Å². The normalized spacial score (nSPS) is 18.2. The number of aromatic nitrogens is 5. The van der Waals surface area contributed by atoms with Gasteiger partial charge in [0.1, 0.15) is 0 Å². The zero-order valence-electron chi connectivity index (χ0n) is 13.0. The van der Waals surface area contributed by atoms with Crippen LogP contribution >= 0.6 is 27.5 Å². The molecule has 1 fully saturated rings. The maximum absolute atomic E-state index is 6.58. The van der Waals surface area contributed by atoms with Gasteiger partial charge in [-0.05, 0) is 47.3 Å². The maximum atomic E-state index is 6.58. The molecular formula is C15H16BrClN6O. The third-order valence-electron chi connectivity index (χ3n) is 4.13. The summed E-state index contributed by atoms with van der Waals surface area (Å²) in [7, 11) is 1.81. The molecule has 2 aromatic heterocycles. The Bertz CT molecular complexity index is 886. The molecule has 0 bridgehead atoms. The summed E-state index contributed by atoms with van der Waals surface area (Å²) in [6.07, 6.45) is 5.01. The van der Waals surface area contributed by atoms with Crippen LogP contribution in [0.2, 0.25) is 5.02 Å². The quantitative estimate of drug-likeness (QED) is 0.705. The fourth-order valence-corrected chi connectivity index (χ4v) is 3.57. The van der Waals surface area contributed by atoms with Crippen LogP contribution in [0.25, 0.3) is 10.9 Å². The molecule has 3 aromatic rings. The SMILES string of the molecule is Cn1nc(Br)nc1Nc1ccc2c(cnn2C2CCCCO2)c1Cl. The lowest BCUT2D eigenvalue weighted by Crippen LogP contribution is -2.18. The Labute approximate surface area is 152 Å². The predicted molar refractivity (Wildman–Crippen MR) is 95.6 cm³/mol. The van der Waals surface area contributed by atoms with Crippen molar-refractivity contribution in [3.05, 3.63) is 28.1 Å². The number of halogens is 2. The first-order chi connectivity index (χ1) is 11.6. The summed E-state index contributed by atoms with van der Waals surface area (Å²) in [5.41, 5.74) is 1.73. The first-order valence-electron chi connectivity index (χ1n) is 7.74. The highest BCUT2D eigenvalue weighted by Crippen LogP contribution is 2.35. The van der Waals surface area contributed by atoms with E-state index in [2.05, 4.69) is 36.4 Å². The van der Waals surface area contributed by atoms with Crippen LogP contribution in [0.1, 0.15) is 25.5 Å². The molecule has 1 aromatic carbocycles. The van der Waals surface area contributed by atoms with E-state index in [4.69, 9.17) is 16.3 Å². The van der Waals surface area contributed by atoms with E-state index in [1.807, 2.05) is 23.9 Å². The minimum absolute atomic E-state index is 0.0131. The number of nitrogens with one attached hydrogen (secondary N) is 1. The van der Waals surface area contributed by atoms with E-state index in [0.29, 0.717) is 15.7 Å². The van der Waals surface area contributed by atoms with Crippen LogP contribution in [0.5, 0.6) is 0 Å². The summed E-state index contributed by atoms with van der Waals surface area (Å²) in [5, 5.41) is 13.3. The van der Waals surface area contributed by atoms with E-state index >= 15 is 0 Å². The van der Waals surface area contributed by atoms with Crippen LogP contribution in [0.15, 0.2) is 23.1 Å². The van der Waals surface area contributed by atoms with Crippen molar-refractivity contribution in [3.63, 3.8) is 0 Å². The number of hydrogen-bond acceptors (Lipinski definition) is 5.